The Morgan fingerprint density at radius 3 is 2.06 bits per heavy atom. The van der Waals surface area contributed by atoms with Gasteiger partial charge in [0.2, 0.25) is 0 Å². The van der Waals surface area contributed by atoms with E-state index >= 15 is 0 Å². The summed E-state index contributed by atoms with van der Waals surface area (Å²) in [5.41, 5.74) is 1.89. The Balaban J connectivity index is 2.11. The van der Waals surface area contributed by atoms with Crippen LogP contribution in [-0.2, 0) is 11.2 Å². The molecule has 2 aromatic rings. The summed E-state index contributed by atoms with van der Waals surface area (Å²) in [7, 11) is 0. The number of aldehydes is 1. The van der Waals surface area contributed by atoms with Crippen molar-refractivity contribution in [3.8, 4) is 0 Å². The highest BCUT2D eigenvalue weighted by atomic mass is 16.3. The first-order valence-electron chi connectivity index (χ1n) is 6.03. The van der Waals surface area contributed by atoms with Gasteiger partial charge in [0.05, 0.1) is 12.0 Å². The van der Waals surface area contributed by atoms with Gasteiger partial charge in [0.15, 0.2) is 0 Å². The summed E-state index contributed by atoms with van der Waals surface area (Å²) < 4.78 is 0. The summed E-state index contributed by atoms with van der Waals surface area (Å²) in [5, 5.41) is 10.2. The van der Waals surface area contributed by atoms with Crippen molar-refractivity contribution in [2.24, 2.45) is 0 Å². The second-order valence-electron chi connectivity index (χ2n) is 4.33. The Bertz CT molecular complexity index is 479. The van der Waals surface area contributed by atoms with E-state index in [9.17, 15) is 9.90 Å². The molecule has 18 heavy (non-hydrogen) atoms. The summed E-state index contributed by atoms with van der Waals surface area (Å²) in [6, 6.07) is 19.1. The first-order chi connectivity index (χ1) is 8.81. The highest BCUT2D eigenvalue weighted by molar-refractivity contribution is 5.63. The Kier molecular flexibility index (Phi) is 4.26. The molecule has 2 unspecified atom stereocenters. The van der Waals surface area contributed by atoms with Crippen LogP contribution in [0.4, 0.5) is 0 Å². The van der Waals surface area contributed by atoms with Gasteiger partial charge in [0.25, 0.3) is 0 Å². The molecule has 0 heterocycles. The summed E-state index contributed by atoms with van der Waals surface area (Å²) >= 11 is 0. The van der Waals surface area contributed by atoms with E-state index < -0.39 is 12.0 Å². The molecule has 0 aliphatic carbocycles. The van der Waals surface area contributed by atoms with E-state index in [-0.39, 0.29) is 0 Å². The third kappa shape index (κ3) is 3.05. The van der Waals surface area contributed by atoms with Crippen molar-refractivity contribution in [3.05, 3.63) is 71.8 Å². The molecule has 2 heteroatoms. The van der Waals surface area contributed by atoms with Gasteiger partial charge >= 0.3 is 0 Å². The smallest absolute Gasteiger partial charge is 0.130 e. The first-order valence-corrected chi connectivity index (χ1v) is 6.03. The van der Waals surface area contributed by atoms with Crippen molar-refractivity contribution in [1.29, 1.82) is 0 Å². The van der Waals surface area contributed by atoms with Crippen LogP contribution in [0.25, 0.3) is 0 Å². The molecule has 1 N–H and O–H groups in total. The fourth-order valence-electron chi connectivity index (χ4n) is 2.05. The van der Waals surface area contributed by atoms with E-state index in [4.69, 9.17) is 0 Å². The fraction of sp³-hybridized carbons (Fsp3) is 0.188. The van der Waals surface area contributed by atoms with Crippen LogP contribution in [0.15, 0.2) is 60.7 Å². The van der Waals surface area contributed by atoms with Gasteiger partial charge in [-0.1, -0.05) is 60.7 Å². The van der Waals surface area contributed by atoms with Gasteiger partial charge in [-0.25, -0.2) is 0 Å². The second kappa shape index (κ2) is 6.12. The third-order valence-electron chi connectivity index (χ3n) is 3.03. The van der Waals surface area contributed by atoms with Crippen molar-refractivity contribution in [2.75, 3.05) is 0 Å². The van der Waals surface area contributed by atoms with E-state index in [0.29, 0.717) is 6.42 Å². The SMILES string of the molecule is O=CC(c1ccccc1)C(O)Cc1ccccc1. The number of benzene rings is 2. The van der Waals surface area contributed by atoms with Crippen molar-refractivity contribution < 1.29 is 9.90 Å². The lowest BCUT2D eigenvalue weighted by atomic mass is 9.91. The lowest BCUT2D eigenvalue weighted by Gasteiger charge is -2.18. The molecule has 0 saturated heterocycles. The number of aliphatic hydroxyl groups excluding tert-OH is 1. The van der Waals surface area contributed by atoms with Gasteiger partial charge in [0.1, 0.15) is 6.29 Å². The van der Waals surface area contributed by atoms with E-state index in [2.05, 4.69) is 0 Å². The molecule has 0 bridgehead atoms. The molecule has 0 aliphatic heterocycles. The van der Waals surface area contributed by atoms with Crippen LogP contribution in [0.1, 0.15) is 17.0 Å². The lowest BCUT2D eigenvalue weighted by molar-refractivity contribution is -0.111. The van der Waals surface area contributed by atoms with Gasteiger partial charge in [-0.05, 0) is 17.5 Å². The van der Waals surface area contributed by atoms with Gasteiger partial charge in [-0.15, -0.1) is 0 Å². The van der Waals surface area contributed by atoms with Crippen LogP contribution in [-0.4, -0.2) is 17.5 Å². The molecule has 2 aromatic carbocycles. The number of rotatable bonds is 5. The van der Waals surface area contributed by atoms with Crippen LogP contribution in [0.2, 0.25) is 0 Å². The van der Waals surface area contributed by atoms with Crippen molar-refractivity contribution in [3.63, 3.8) is 0 Å². The minimum absolute atomic E-state index is 0.466. The summed E-state index contributed by atoms with van der Waals surface area (Å²) in [4.78, 5) is 11.2. The molecule has 0 saturated carbocycles. The minimum atomic E-state index is -0.688. The molecule has 2 nitrogen and oxygen atoms in total. The maximum atomic E-state index is 11.2. The average Bonchev–Trinajstić information content (AvgIpc) is 2.42. The Morgan fingerprint density at radius 1 is 0.944 bits per heavy atom. The largest absolute Gasteiger partial charge is 0.392 e. The first kappa shape index (κ1) is 12.5. The molecule has 0 spiro atoms. The molecule has 0 fully saturated rings. The van der Waals surface area contributed by atoms with Gasteiger partial charge < -0.3 is 9.90 Å². The summed E-state index contributed by atoms with van der Waals surface area (Å²) in [6.45, 7) is 0. The van der Waals surface area contributed by atoms with E-state index in [1.807, 2.05) is 60.7 Å². The topological polar surface area (TPSA) is 37.3 Å². The summed E-state index contributed by atoms with van der Waals surface area (Å²) in [5.74, 6) is -0.466. The Hall–Kier alpha value is -1.93. The molecule has 0 aliphatic rings. The highest BCUT2D eigenvalue weighted by Crippen LogP contribution is 2.20. The maximum absolute atomic E-state index is 11.2. The molecule has 0 aromatic heterocycles. The zero-order valence-corrected chi connectivity index (χ0v) is 10.1. The Morgan fingerprint density at radius 2 is 1.50 bits per heavy atom. The van der Waals surface area contributed by atoms with E-state index in [1.54, 1.807) is 0 Å². The van der Waals surface area contributed by atoms with Gasteiger partial charge in [-0.2, -0.15) is 0 Å². The molecule has 92 valence electrons. The van der Waals surface area contributed by atoms with Crippen LogP contribution in [0.5, 0.6) is 0 Å². The van der Waals surface area contributed by atoms with Crippen molar-refractivity contribution >= 4 is 6.29 Å². The number of aliphatic hydroxyl groups is 1. The lowest BCUT2D eigenvalue weighted by Crippen LogP contribution is -2.22. The number of hydrogen-bond acceptors (Lipinski definition) is 2. The molecule has 0 radical (unpaired) electrons. The van der Waals surface area contributed by atoms with Gasteiger partial charge in [-0.3, -0.25) is 0 Å². The minimum Gasteiger partial charge on any atom is -0.392 e. The second-order valence-corrected chi connectivity index (χ2v) is 4.33. The van der Waals surface area contributed by atoms with Crippen LogP contribution < -0.4 is 0 Å². The predicted octanol–water partition coefficient (Wildman–Crippen LogP) is 2.57. The number of hydrogen-bond donors (Lipinski definition) is 1. The van der Waals surface area contributed by atoms with Crippen molar-refractivity contribution in [1.82, 2.24) is 0 Å². The fourth-order valence-corrected chi connectivity index (χ4v) is 2.05. The number of carbonyl (C=O) groups is 1. The van der Waals surface area contributed by atoms with Crippen LogP contribution in [0.3, 0.4) is 0 Å². The zero-order chi connectivity index (χ0) is 12.8. The Labute approximate surface area is 107 Å². The maximum Gasteiger partial charge on any atom is 0.130 e. The van der Waals surface area contributed by atoms with Crippen LogP contribution >= 0.6 is 0 Å². The van der Waals surface area contributed by atoms with E-state index in [1.165, 1.54) is 0 Å². The van der Waals surface area contributed by atoms with Crippen molar-refractivity contribution in [2.45, 2.75) is 18.4 Å². The standard InChI is InChI=1S/C16H16O2/c17-12-15(14-9-5-2-6-10-14)16(18)11-13-7-3-1-4-8-13/h1-10,12,15-16,18H,11H2. The van der Waals surface area contributed by atoms with E-state index in [0.717, 1.165) is 17.4 Å². The molecule has 0 amide bonds. The normalized spacial score (nSPS) is 13.8. The highest BCUT2D eigenvalue weighted by Gasteiger charge is 2.20. The van der Waals surface area contributed by atoms with Crippen LogP contribution in [0, 0.1) is 0 Å². The monoisotopic (exact) mass is 240 g/mol. The molecular formula is C16H16O2. The predicted molar refractivity (Wildman–Crippen MR) is 71.4 cm³/mol. The molecule has 2 rings (SSSR count). The average molecular weight is 240 g/mol. The molecular weight excluding hydrogens is 224 g/mol. The third-order valence-corrected chi connectivity index (χ3v) is 3.03. The number of carbonyl (C=O) groups excluding carboxylic acids is 1. The molecule has 2 atom stereocenters. The quantitative estimate of drug-likeness (QED) is 0.816. The summed E-state index contributed by atoms with van der Waals surface area (Å²) in [6.07, 6.45) is 0.620. The zero-order valence-electron chi connectivity index (χ0n) is 10.1. The van der Waals surface area contributed by atoms with Gasteiger partial charge in [0, 0.05) is 0 Å².